The summed E-state index contributed by atoms with van der Waals surface area (Å²) in [5.41, 5.74) is 0.984. The molecule has 1 heterocycles. The fraction of sp³-hybridized carbons (Fsp3) is 0.643. The van der Waals surface area contributed by atoms with Crippen molar-refractivity contribution in [1.29, 1.82) is 0 Å². The molecule has 1 fully saturated rings. The Hall–Kier alpha value is -0.220. The second-order valence-corrected chi connectivity index (χ2v) is 6.78. The molecule has 2 atom stereocenters. The van der Waals surface area contributed by atoms with Crippen molar-refractivity contribution in [2.24, 2.45) is 5.92 Å². The molecule has 1 aliphatic rings. The first-order valence-corrected chi connectivity index (χ1v) is 8.57. The average molecular weight is 330 g/mol. The molecular formula is C14H20BrNOS. The Morgan fingerprint density at radius 3 is 2.89 bits per heavy atom. The topological polar surface area (TPSA) is 22.1 Å². The molecule has 2 rings (SSSR count). The van der Waals surface area contributed by atoms with Crippen LogP contribution in [0.3, 0.4) is 0 Å². The molecule has 0 saturated heterocycles. The molecule has 18 heavy (non-hydrogen) atoms. The molecule has 1 saturated carbocycles. The van der Waals surface area contributed by atoms with Gasteiger partial charge in [0.1, 0.15) is 0 Å². The van der Waals surface area contributed by atoms with E-state index in [1.54, 1.807) is 0 Å². The minimum Gasteiger partial charge on any atom is -0.477 e. The molecule has 0 spiro atoms. The van der Waals surface area contributed by atoms with Crippen molar-refractivity contribution in [3.8, 4) is 5.88 Å². The highest BCUT2D eigenvalue weighted by molar-refractivity contribution is 9.10. The number of hydrogen-bond donors (Lipinski definition) is 0. The first kappa shape index (κ1) is 14.2. The molecule has 0 aromatic carbocycles. The molecule has 0 amide bonds. The molecule has 2 unspecified atom stereocenters. The molecular weight excluding hydrogens is 310 g/mol. The monoisotopic (exact) mass is 329 g/mol. The van der Waals surface area contributed by atoms with E-state index in [1.807, 2.05) is 30.8 Å². The summed E-state index contributed by atoms with van der Waals surface area (Å²) in [4.78, 5) is 4.43. The van der Waals surface area contributed by atoms with Gasteiger partial charge < -0.3 is 4.74 Å². The number of pyridine rings is 1. The fourth-order valence-corrected chi connectivity index (χ4v) is 3.69. The van der Waals surface area contributed by atoms with E-state index in [9.17, 15) is 0 Å². The Morgan fingerprint density at radius 1 is 1.39 bits per heavy atom. The number of rotatable bonds is 4. The van der Waals surface area contributed by atoms with Crippen LogP contribution in [0.15, 0.2) is 16.6 Å². The van der Waals surface area contributed by atoms with E-state index in [1.165, 1.54) is 25.7 Å². The van der Waals surface area contributed by atoms with Crippen molar-refractivity contribution >= 4 is 27.7 Å². The Labute approximate surface area is 122 Å². The van der Waals surface area contributed by atoms with Gasteiger partial charge in [-0.1, -0.05) is 12.8 Å². The van der Waals surface area contributed by atoms with E-state index in [-0.39, 0.29) is 0 Å². The highest BCUT2D eigenvalue weighted by atomic mass is 79.9. The van der Waals surface area contributed by atoms with Gasteiger partial charge in [0.25, 0.3) is 0 Å². The first-order valence-electron chi connectivity index (χ1n) is 6.49. The minimum atomic E-state index is 0.680. The van der Waals surface area contributed by atoms with E-state index < -0.39 is 0 Å². The summed E-state index contributed by atoms with van der Waals surface area (Å²) < 4.78 is 6.90. The first-order chi connectivity index (χ1) is 8.70. The van der Waals surface area contributed by atoms with Gasteiger partial charge in [0, 0.05) is 21.7 Å². The second-order valence-electron chi connectivity index (χ2n) is 4.85. The minimum absolute atomic E-state index is 0.680. The van der Waals surface area contributed by atoms with Crippen LogP contribution in [0.5, 0.6) is 5.88 Å². The average Bonchev–Trinajstić information content (AvgIpc) is 2.40. The predicted octanol–water partition coefficient (Wildman–Crippen LogP) is 4.45. The van der Waals surface area contributed by atoms with E-state index in [2.05, 4.69) is 27.2 Å². The summed E-state index contributed by atoms with van der Waals surface area (Å²) in [6.45, 7) is 2.79. The molecule has 1 aliphatic carbocycles. The van der Waals surface area contributed by atoms with Crippen LogP contribution in [-0.4, -0.2) is 23.1 Å². The Bertz CT molecular complexity index is 399. The molecule has 1 aromatic heterocycles. The largest absolute Gasteiger partial charge is 0.477 e. The van der Waals surface area contributed by atoms with Gasteiger partial charge in [-0.25, -0.2) is 4.98 Å². The van der Waals surface area contributed by atoms with Crippen LogP contribution in [0.2, 0.25) is 0 Å². The number of ether oxygens (including phenoxy) is 1. The lowest BCUT2D eigenvalue weighted by Gasteiger charge is -2.29. The summed E-state index contributed by atoms with van der Waals surface area (Å²) in [7, 11) is 0. The number of hydrogen-bond acceptors (Lipinski definition) is 3. The molecule has 1 aromatic rings. The Kier molecular flexibility index (Phi) is 5.37. The van der Waals surface area contributed by atoms with E-state index in [0.29, 0.717) is 5.92 Å². The van der Waals surface area contributed by atoms with Crippen molar-refractivity contribution in [1.82, 2.24) is 4.98 Å². The smallest absolute Gasteiger partial charge is 0.213 e. The van der Waals surface area contributed by atoms with Gasteiger partial charge in [-0.2, -0.15) is 11.8 Å². The lowest BCUT2D eigenvalue weighted by Crippen LogP contribution is -2.27. The standard InChI is InChI=1S/C14H20BrNOS/c1-10-12(15)7-8-14(16-10)17-9-11-5-3-4-6-13(11)18-2/h7-8,11,13H,3-6,9H2,1-2H3. The summed E-state index contributed by atoms with van der Waals surface area (Å²) in [5.74, 6) is 1.43. The van der Waals surface area contributed by atoms with Crippen LogP contribution in [-0.2, 0) is 0 Å². The van der Waals surface area contributed by atoms with Crippen molar-refractivity contribution in [3.05, 3.63) is 22.3 Å². The van der Waals surface area contributed by atoms with Crippen LogP contribution in [0.1, 0.15) is 31.4 Å². The molecule has 0 bridgehead atoms. The van der Waals surface area contributed by atoms with Crippen LogP contribution >= 0.6 is 27.7 Å². The number of aryl methyl sites for hydroxylation is 1. The van der Waals surface area contributed by atoms with Gasteiger partial charge in [-0.15, -0.1) is 0 Å². The van der Waals surface area contributed by atoms with Gasteiger partial charge in [-0.05, 0) is 48.0 Å². The summed E-state index contributed by atoms with van der Waals surface area (Å²) in [6.07, 6.45) is 7.56. The summed E-state index contributed by atoms with van der Waals surface area (Å²) in [6, 6.07) is 3.94. The lowest BCUT2D eigenvalue weighted by atomic mass is 9.89. The third-order valence-corrected chi connectivity index (χ3v) is 5.65. The number of aromatic nitrogens is 1. The van der Waals surface area contributed by atoms with Gasteiger partial charge in [0.15, 0.2) is 0 Å². The van der Waals surface area contributed by atoms with E-state index >= 15 is 0 Å². The predicted molar refractivity (Wildman–Crippen MR) is 81.4 cm³/mol. The molecule has 0 N–H and O–H groups in total. The fourth-order valence-electron chi connectivity index (χ4n) is 2.47. The van der Waals surface area contributed by atoms with E-state index in [4.69, 9.17) is 4.74 Å². The van der Waals surface area contributed by atoms with Crippen LogP contribution in [0.25, 0.3) is 0 Å². The van der Waals surface area contributed by atoms with Crippen molar-refractivity contribution in [2.45, 2.75) is 37.9 Å². The van der Waals surface area contributed by atoms with Crippen molar-refractivity contribution < 1.29 is 4.74 Å². The second kappa shape index (κ2) is 6.80. The zero-order valence-electron chi connectivity index (χ0n) is 11.0. The molecule has 4 heteroatoms. The SMILES string of the molecule is CSC1CCCCC1COc1ccc(Br)c(C)n1. The third-order valence-electron chi connectivity index (χ3n) is 3.58. The number of thioether (sulfide) groups is 1. The maximum Gasteiger partial charge on any atom is 0.213 e. The highest BCUT2D eigenvalue weighted by Gasteiger charge is 2.24. The Balaban J connectivity index is 1.91. The van der Waals surface area contributed by atoms with Crippen LogP contribution in [0, 0.1) is 12.8 Å². The van der Waals surface area contributed by atoms with Crippen LogP contribution < -0.4 is 4.74 Å². The zero-order chi connectivity index (χ0) is 13.0. The maximum absolute atomic E-state index is 5.87. The molecule has 100 valence electrons. The van der Waals surface area contributed by atoms with Crippen molar-refractivity contribution in [3.63, 3.8) is 0 Å². The molecule has 0 aliphatic heterocycles. The number of halogens is 1. The quantitative estimate of drug-likeness (QED) is 0.814. The lowest BCUT2D eigenvalue weighted by molar-refractivity contribution is 0.208. The van der Waals surface area contributed by atoms with Gasteiger partial charge in [-0.3, -0.25) is 0 Å². The van der Waals surface area contributed by atoms with Gasteiger partial charge in [0.2, 0.25) is 5.88 Å². The van der Waals surface area contributed by atoms with Crippen LogP contribution in [0.4, 0.5) is 0 Å². The van der Waals surface area contributed by atoms with Crippen molar-refractivity contribution in [2.75, 3.05) is 12.9 Å². The highest BCUT2D eigenvalue weighted by Crippen LogP contribution is 2.32. The summed E-state index contributed by atoms with van der Waals surface area (Å²) >= 11 is 5.44. The van der Waals surface area contributed by atoms with Gasteiger partial charge in [0.05, 0.1) is 12.3 Å². The van der Waals surface area contributed by atoms with Gasteiger partial charge >= 0.3 is 0 Å². The number of nitrogens with zero attached hydrogens (tertiary/aromatic N) is 1. The summed E-state index contributed by atoms with van der Waals surface area (Å²) in [5, 5.41) is 0.760. The Morgan fingerprint density at radius 2 is 2.17 bits per heavy atom. The zero-order valence-corrected chi connectivity index (χ0v) is 13.4. The maximum atomic E-state index is 5.87. The van der Waals surface area contributed by atoms with E-state index in [0.717, 1.165) is 27.9 Å². The molecule has 2 nitrogen and oxygen atoms in total. The normalized spacial score (nSPS) is 23.9. The third kappa shape index (κ3) is 3.64. The molecule has 0 radical (unpaired) electrons.